The van der Waals surface area contributed by atoms with Crippen molar-refractivity contribution in [1.82, 2.24) is 9.97 Å². The SMILES string of the molecule is NCCC(CC(=O)Nc1cncnc1)C(F)(F)F. The molecule has 0 aromatic carbocycles. The topological polar surface area (TPSA) is 80.9 Å². The van der Waals surface area contributed by atoms with Gasteiger partial charge in [0, 0.05) is 6.42 Å². The van der Waals surface area contributed by atoms with Gasteiger partial charge in [-0.2, -0.15) is 13.2 Å². The molecule has 1 aromatic rings. The van der Waals surface area contributed by atoms with E-state index in [1.807, 2.05) is 0 Å². The number of alkyl halides is 3. The average molecular weight is 262 g/mol. The molecule has 0 saturated heterocycles. The summed E-state index contributed by atoms with van der Waals surface area (Å²) in [6.07, 6.45) is -1.50. The molecule has 0 radical (unpaired) electrons. The van der Waals surface area contributed by atoms with Crippen LogP contribution in [0.5, 0.6) is 0 Å². The molecule has 1 rings (SSSR count). The van der Waals surface area contributed by atoms with Gasteiger partial charge in [-0.3, -0.25) is 4.79 Å². The molecular formula is C10H13F3N4O. The first kappa shape index (κ1) is 14.4. The summed E-state index contributed by atoms with van der Waals surface area (Å²) in [6.45, 7) is -0.119. The van der Waals surface area contributed by atoms with E-state index in [2.05, 4.69) is 15.3 Å². The quantitative estimate of drug-likeness (QED) is 0.838. The lowest BCUT2D eigenvalue weighted by atomic mass is 10.0. The Morgan fingerprint density at radius 3 is 2.50 bits per heavy atom. The Bertz CT molecular complexity index is 382. The average Bonchev–Trinajstić information content (AvgIpc) is 2.28. The summed E-state index contributed by atoms with van der Waals surface area (Å²) in [5.41, 5.74) is 5.36. The third-order valence-electron chi connectivity index (χ3n) is 2.25. The molecule has 5 nitrogen and oxygen atoms in total. The molecule has 0 aliphatic rings. The lowest BCUT2D eigenvalue weighted by Crippen LogP contribution is -2.30. The lowest BCUT2D eigenvalue weighted by Gasteiger charge is -2.18. The summed E-state index contributed by atoms with van der Waals surface area (Å²) < 4.78 is 37.6. The van der Waals surface area contributed by atoms with Gasteiger partial charge in [0.1, 0.15) is 6.33 Å². The minimum atomic E-state index is -4.43. The van der Waals surface area contributed by atoms with Gasteiger partial charge in [0.25, 0.3) is 0 Å². The van der Waals surface area contributed by atoms with Gasteiger partial charge < -0.3 is 11.1 Å². The van der Waals surface area contributed by atoms with Crippen molar-refractivity contribution < 1.29 is 18.0 Å². The van der Waals surface area contributed by atoms with Crippen molar-refractivity contribution in [2.24, 2.45) is 11.7 Å². The van der Waals surface area contributed by atoms with Crippen molar-refractivity contribution in [3.8, 4) is 0 Å². The first-order valence-electron chi connectivity index (χ1n) is 5.25. The molecule has 1 aromatic heterocycles. The second-order valence-corrected chi connectivity index (χ2v) is 3.70. The molecule has 100 valence electrons. The highest BCUT2D eigenvalue weighted by atomic mass is 19.4. The van der Waals surface area contributed by atoms with Crippen LogP contribution < -0.4 is 11.1 Å². The summed E-state index contributed by atoms with van der Waals surface area (Å²) >= 11 is 0. The zero-order chi connectivity index (χ0) is 13.6. The first-order chi connectivity index (χ1) is 8.43. The van der Waals surface area contributed by atoms with E-state index in [1.165, 1.54) is 18.7 Å². The van der Waals surface area contributed by atoms with Crippen LogP contribution in [0.4, 0.5) is 18.9 Å². The van der Waals surface area contributed by atoms with Crippen molar-refractivity contribution in [3.63, 3.8) is 0 Å². The fraction of sp³-hybridized carbons (Fsp3) is 0.500. The predicted molar refractivity (Wildman–Crippen MR) is 58.5 cm³/mol. The van der Waals surface area contributed by atoms with Crippen molar-refractivity contribution >= 4 is 11.6 Å². The summed E-state index contributed by atoms with van der Waals surface area (Å²) in [5.74, 6) is -2.47. The Kier molecular flexibility index (Phi) is 5.02. The van der Waals surface area contributed by atoms with Gasteiger partial charge >= 0.3 is 6.18 Å². The van der Waals surface area contributed by atoms with E-state index in [1.54, 1.807) is 0 Å². The first-order valence-corrected chi connectivity index (χ1v) is 5.25. The molecule has 8 heteroatoms. The number of nitrogens with two attached hydrogens (primary N) is 1. The summed E-state index contributed by atoms with van der Waals surface area (Å²) in [4.78, 5) is 18.7. The van der Waals surface area contributed by atoms with Gasteiger partial charge in [-0.25, -0.2) is 9.97 Å². The van der Waals surface area contributed by atoms with Gasteiger partial charge in [-0.1, -0.05) is 0 Å². The standard InChI is InChI=1S/C10H13F3N4O/c11-10(12,13)7(1-2-14)3-9(18)17-8-4-15-6-16-5-8/h4-7H,1-3,14H2,(H,17,18). The van der Waals surface area contributed by atoms with E-state index in [4.69, 9.17) is 5.73 Å². The van der Waals surface area contributed by atoms with Crippen molar-refractivity contribution in [2.75, 3.05) is 11.9 Å². The van der Waals surface area contributed by atoms with Crippen LogP contribution in [-0.2, 0) is 4.79 Å². The number of nitrogens with zero attached hydrogens (tertiary/aromatic N) is 2. The van der Waals surface area contributed by atoms with E-state index in [9.17, 15) is 18.0 Å². The number of nitrogens with one attached hydrogen (secondary N) is 1. The number of hydrogen-bond acceptors (Lipinski definition) is 4. The van der Waals surface area contributed by atoms with Gasteiger partial charge in [0.2, 0.25) is 5.91 Å². The normalized spacial score (nSPS) is 13.1. The number of rotatable bonds is 5. The summed E-state index contributed by atoms with van der Waals surface area (Å²) in [7, 11) is 0. The van der Waals surface area contributed by atoms with Crippen LogP contribution in [0.25, 0.3) is 0 Å². The van der Waals surface area contributed by atoms with Crippen LogP contribution in [0.1, 0.15) is 12.8 Å². The number of amides is 1. The molecule has 1 atom stereocenters. The van der Waals surface area contributed by atoms with Gasteiger partial charge in [-0.05, 0) is 13.0 Å². The van der Waals surface area contributed by atoms with Crippen LogP contribution >= 0.6 is 0 Å². The lowest BCUT2D eigenvalue weighted by molar-refractivity contribution is -0.179. The fourth-order valence-corrected chi connectivity index (χ4v) is 1.38. The number of hydrogen-bond donors (Lipinski definition) is 2. The molecule has 0 bridgehead atoms. The second-order valence-electron chi connectivity index (χ2n) is 3.70. The van der Waals surface area contributed by atoms with Crippen molar-refractivity contribution in [3.05, 3.63) is 18.7 Å². The van der Waals surface area contributed by atoms with Crippen LogP contribution in [0.3, 0.4) is 0 Å². The highest BCUT2D eigenvalue weighted by molar-refractivity contribution is 5.90. The highest BCUT2D eigenvalue weighted by Crippen LogP contribution is 2.31. The number of anilines is 1. The van der Waals surface area contributed by atoms with Crippen LogP contribution in [0, 0.1) is 5.92 Å². The van der Waals surface area contributed by atoms with Gasteiger partial charge in [0.15, 0.2) is 0 Å². The van der Waals surface area contributed by atoms with Crippen molar-refractivity contribution in [1.29, 1.82) is 0 Å². The second kappa shape index (κ2) is 6.29. The zero-order valence-electron chi connectivity index (χ0n) is 9.44. The van der Waals surface area contributed by atoms with Gasteiger partial charge in [0.05, 0.1) is 24.0 Å². The molecule has 0 saturated carbocycles. The third-order valence-corrected chi connectivity index (χ3v) is 2.25. The molecule has 18 heavy (non-hydrogen) atoms. The largest absolute Gasteiger partial charge is 0.392 e. The number of aromatic nitrogens is 2. The zero-order valence-corrected chi connectivity index (χ0v) is 9.44. The fourth-order valence-electron chi connectivity index (χ4n) is 1.38. The molecule has 0 fully saturated rings. The molecule has 1 amide bonds. The molecule has 0 aliphatic heterocycles. The molecular weight excluding hydrogens is 249 g/mol. The van der Waals surface area contributed by atoms with E-state index in [0.29, 0.717) is 0 Å². The number of carbonyl (C=O) groups is 1. The van der Waals surface area contributed by atoms with Crippen LogP contribution in [0.15, 0.2) is 18.7 Å². The van der Waals surface area contributed by atoms with E-state index < -0.39 is 24.4 Å². The highest BCUT2D eigenvalue weighted by Gasteiger charge is 2.40. The van der Waals surface area contributed by atoms with E-state index in [0.717, 1.165) is 0 Å². The van der Waals surface area contributed by atoms with Crippen molar-refractivity contribution in [2.45, 2.75) is 19.0 Å². The molecule has 0 aliphatic carbocycles. The maximum atomic E-state index is 12.5. The Morgan fingerprint density at radius 1 is 1.39 bits per heavy atom. The summed E-state index contributed by atoms with van der Waals surface area (Å²) in [6, 6.07) is 0. The Morgan fingerprint density at radius 2 is 2.00 bits per heavy atom. The molecule has 1 heterocycles. The molecule has 0 spiro atoms. The van der Waals surface area contributed by atoms with E-state index in [-0.39, 0.29) is 18.7 Å². The minimum Gasteiger partial charge on any atom is -0.330 e. The Balaban J connectivity index is 2.57. The maximum Gasteiger partial charge on any atom is 0.392 e. The Hall–Kier alpha value is -1.70. The van der Waals surface area contributed by atoms with E-state index >= 15 is 0 Å². The smallest absolute Gasteiger partial charge is 0.330 e. The third kappa shape index (κ3) is 4.66. The maximum absolute atomic E-state index is 12.5. The summed E-state index contributed by atoms with van der Waals surface area (Å²) in [5, 5.41) is 2.30. The van der Waals surface area contributed by atoms with Crippen LogP contribution in [0.2, 0.25) is 0 Å². The number of carbonyl (C=O) groups excluding carboxylic acids is 1. The Labute approximate surface area is 102 Å². The molecule has 3 N–H and O–H groups in total. The number of halogens is 3. The monoisotopic (exact) mass is 262 g/mol. The predicted octanol–water partition coefficient (Wildman–Crippen LogP) is 1.33. The molecule has 1 unspecified atom stereocenters. The van der Waals surface area contributed by atoms with Gasteiger partial charge in [-0.15, -0.1) is 0 Å². The minimum absolute atomic E-state index is 0.119. The van der Waals surface area contributed by atoms with Crippen LogP contribution in [-0.4, -0.2) is 28.6 Å².